The van der Waals surface area contributed by atoms with Crippen LogP contribution in [0.5, 0.6) is 5.75 Å². The lowest BCUT2D eigenvalue weighted by Gasteiger charge is -2.18. The van der Waals surface area contributed by atoms with E-state index in [1.165, 1.54) is 6.33 Å². The molecule has 1 aromatic heterocycles. The molecule has 1 fully saturated rings. The van der Waals surface area contributed by atoms with Gasteiger partial charge in [-0.15, -0.1) is 0 Å². The molecule has 3 rings (SSSR count). The molecule has 0 unspecified atom stereocenters. The summed E-state index contributed by atoms with van der Waals surface area (Å²) in [5.74, 6) is 0.312. The van der Waals surface area contributed by atoms with Crippen LogP contribution >= 0.6 is 0 Å². The van der Waals surface area contributed by atoms with Crippen LogP contribution in [-0.2, 0) is 22.7 Å². The monoisotopic (exact) mass is 343 g/mol. The number of ether oxygens (including phenoxy) is 1. The van der Waals surface area contributed by atoms with Crippen molar-refractivity contribution in [2.24, 2.45) is 5.92 Å². The van der Waals surface area contributed by atoms with Crippen molar-refractivity contribution in [1.29, 1.82) is 0 Å². The molecule has 0 radical (unpaired) electrons. The fourth-order valence-electron chi connectivity index (χ4n) is 2.93. The molecule has 1 N–H and O–H groups in total. The number of likely N-dealkylation sites (tertiary alicyclic amines) is 1. The number of para-hydroxylation sites is 1. The van der Waals surface area contributed by atoms with Crippen molar-refractivity contribution in [3.05, 3.63) is 42.5 Å². The quantitative estimate of drug-likeness (QED) is 0.788. The second-order valence-electron chi connectivity index (χ2n) is 5.94. The Labute approximate surface area is 145 Å². The molecule has 1 aromatic carbocycles. The zero-order valence-electron chi connectivity index (χ0n) is 14.1. The van der Waals surface area contributed by atoms with E-state index in [0.29, 0.717) is 26.2 Å². The van der Waals surface area contributed by atoms with Crippen LogP contribution in [0.15, 0.2) is 36.9 Å². The van der Waals surface area contributed by atoms with Crippen LogP contribution in [0.4, 0.5) is 0 Å². The predicted molar refractivity (Wildman–Crippen MR) is 89.5 cm³/mol. The van der Waals surface area contributed by atoms with E-state index in [1.54, 1.807) is 23.0 Å². The Hall–Kier alpha value is -2.90. The maximum absolute atomic E-state index is 12.3. The molecule has 2 amide bonds. The number of carbonyl (C=O) groups is 2. The lowest BCUT2D eigenvalue weighted by atomic mass is 10.1. The maximum Gasteiger partial charge on any atom is 0.225 e. The van der Waals surface area contributed by atoms with E-state index in [9.17, 15) is 9.59 Å². The first-order valence-corrected chi connectivity index (χ1v) is 8.17. The highest BCUT2D eigenvalue weighted by Crippen LogP contribution is 2.24. The van der Waals surface area contributed by atoms with Gasteiger partial charge in [0, 0.05) is 31.6 Å². The first-order valence-electron chi connectivity index (χ1n) is 8.17. The average Bonchev–Trinajstić information content (AvgIpc) is 3.26. The zero-order chi connectivity index (χ0) is 17.6. The molecule has 1 saturated heterocycles. The SMILES string of the molecule is COc1ccccc1CN1C[C@H](C(=O)NCCn2cncn2)CC1=O. The number of nitrogens with one attached hydrogen (secondary N) is 1. The van der Waals surface area contributed by atoms with Gasteiger partial charge in [0.15, 0.2) is 0 Å². The molecule has 0 spiro atoms. The highest BCUT2D eigenvalue weighted by Gasteiger charge is 2.34. The van der Waals surface area contributed by atoms with E-state index in [0.717, 1.165) is 11.3 Å². The van der Waals surface area contributed by atoms with E-state index in [-0.39, 0.29) is 24.2 Å². The molecule has 2 aromatic rings. The molecular weight excluding hydrogens is 322 g/mol. The summed E-state index contributed by atoms with van der Waals surface area (Å²) in [5, 5.41) is 6.84. The number of hydrogen-bond acceptors (Lipinski definition) is 5. The summed E-state index contributed by atoms with van der Waals surface area (Å²) in [6, 6.07) is 7.59. The van der Waals surface area contributed by atoms with Gasteiger partial charge in [0.25, 0.3) is 0 Å². The van der Waals surface area contributed by atoms with E-state index in [1.807, 2.05) is 24.3 Å². The molecule has 1 aliphatic heterocycles. The predicted octanol–water partition coefficient (Wildman–Crippen LogP) is 0.452. The normalized spacial score (nSPS) is 16.9. The summed E-state index contributed by atoms with van der Waals surface area (Å²) < 4.78 is 6.97. The van der Waals surface area contributed by atoms with Gasteiger partial charge in [-0.3, -0.25) is 14.3 Å². The molecule has 0 aliphatic carbocycles. The minimum absolute atomic E-state index is 0.0117. The van der Waals surface area contributed by atoms with Crippen molar-refractivity contribution >= 4 is 11.8 Å². The molecule has 132 valence electrons. The van der Waals surface area contributed by atoms with Crippen molar-refractivity contribution in [3.8, 4) is 5.75 Å². The number of methoxy groups -OCH3 is 1. The second kappa shape index (κ2) is 7.78. The Bertz CT molecular complexity index is 732. The molecule has 1 atom stereocenters. The molecule has 8 nitrogen and oxygen atoms in total. The third-order valence-corrected chi connectivity index (χ3v) is 4.25. The topological polar surface area (TPSA) is 89.3 Å². The molecule has 0 bridgehead atoms. The van der Waals surface area contributed by atoms with Gasteiger partial charge in [0.05, 0.1) is 19.6 Å². The summed E-state index contributed by atoms with van der Waals surface area (Å²) in [5.41, 5.74) is 0.936. The Morgan fingerprint density at radius 3 is 3.00 bits per heavy atom. The van der Waals surface area contributed by atoms with E-state index in [4.69, 9.17) is 4.74 Å². The third kappa shape index (κ3) is 4.14. The average molecular weight is 343 g/mol. The first kappa shape index (κ1) is 16.9. The maximum atomic E-state index is 12.3. The van der Waals surface area contributed by atoms with Crippen LogP contribution in [0.2, 0.25) is 0 Å². The summed E-state index contributed by atoms with van der Waals surface area (Å²) in [7, 11) is 1.61. The lowest BCUT2D eigenvalue weighted by Crippen LogP contribution is -2.34. The van der Waals surface area contributed by atoms with Crippen molar-refractivity contribution < 1.29 is 14.3 Å². The van der Waals surface area contributed by atoms with E-state index in [2.05, 4.69) is 15.4 Å². The Balaban J connectivity index is 1.52. The molecule has 2 heterocycles. The summed E-state index contributed by atoms with van der Waals surface area (Å²) in [6.45, 7) is 1.88. The standard InChI is InChI=1S/C17H21N5O3/c1-25-15-5-3-2-4-13(15)9-21-10-14(8-16(21)23)17(24)19-6-7-22-12-18-11-20-22/h2-5,11-12,14H,6-10H2,1H3,(H,19,24)/t14-/m1/s1. The largest absolute Gasteiger partial charge is 0.496 e. The number of hydrogen-bond donors (Lipinski definition) is 1. The number of amides is 2. The van der Waals surface area contributed by atoms with Crippen molar-refractivity contribution in [2.45, 2.75) is 19.5 Å². The van der Waals surface area contributed by atoms with Crippen LogP contribution < -0.4 is 10.1 Å². The van der Waals surface area contributed by atoms with Gasteiger partial charge in [-0.2, -0.15) is 5.10 Å². The van der Waals surface area contributed by atoms with Gasteiger partial charge in [-0.25, -0.2) is 4.98 Å². The van der Waals surface area contributed by atoms with Gasteiger partial charge >= 0.3 is 0 Å². The number of aromatic nitrogens is 3. The number of carbonyl (C=O) groups excluding carboxylic acids is 2. The fraction of sp³-hybridized carbons (Fsp3) is 0.412. The van der Waals surface area contributed by atoms with Crippen LogP contribution in [0.3, 0.4) is 0 Å². The third-order valence-electron chi connectivity index (χ3n) is 4.25. The summed E-state index contributed by atoms with van der Waals surface area (Å²) in [6.07, 6.45) is 3.29. The van der Waals surface area contributed by atoms with Crippen molar-refractivity contribution in [2.75, 3.05) is 20.2 Å². The second-order valence-corrected chi connectivity index (χ2v) is 5.94. The first-order chi connectivity index (χ1) is 12.2. The minimum Gasteiger partial charge on any atom is -0.496 e. The van der Waals surface area contributed by atoms with Crippen LogP contribution in [0.1, 0.15) is 12.0 Å². The molecular formula is C17H21N5O3. The van der Waals surface area contributed by atoms with Crippen molar-refractivity contribution in [3.63, 3.8) is 0 Å². The van der Waals surface area contributed by atoms with Crippen molar-refractivity contribution in [1.82, 2.24) is 25.0 Å². The lowest BCUT2D eigenvalue weighted by molar-refractivity contribution is -0.129. The van der Waals surface area contributed by atoms with Crippen LogP contribution in [0, 0.1) is 5.92 Å². The summed E-state index contributed by atoms with van der Waals surface area (Å²) >= 11 is 0. The van der Waals surface area contributed by atoms with Gasteiger partial charge in [0.1, 0.15) is 18.4 Å². The van der Waals surface area contributed by atoms with Crippen LogP contribution in [0.25, 0.3) is 0 Å². The Kier molecular flexibility index (Phi) is 5.27. The van der Waals surface area contributed by atoms with E-state index >= 15 is 0 Å². The smallest absolute Gasteiger partial charge is 0.225 e. The van der Waals surface area contributed by atoms with Crippen LogP contribution in [-0.4, -0.2) is 51.7 Å². The summed E-state index contributed by atoms with van der Waals surface area (Å²) in [4.78, 5) is 30.1. The van der Waals surface area contributed by atoms with Gasteiger partial charge < -0.3 is 15.0 Å². The highest BCUT2D eigenvalue weighted by atomic mass is 16.5. The molecule has 8 heteroatoms. The highest BCUT2D eigenvalue weighted by molar-refractivity contribution is 5.89. The zero-order valence-corrected chi connectivity index (χ0v) is 14.1. The minimum atomic E-state index is -0.321. The number of nitrogens with zero attached hydrogens (tertiary/aromatic N) is 4. The molecule has 1 aliphatic rings. The fourth-order valence-corrected chi connectivity index (χ4v) is 2.93. The number of rotatable bonds is 7. The van der Waals surface area contributed by atoms with E-state index < -0.39 is 0 Å². The number of benzene rings is 1. The Morgan fingerprint density at radius 1 is 1.40 bits per heavy atom. The van der Waals surface area contributed by atoms with Gasteiger partial charge in [-0.05, 0) is 6.07 Å². The van der Waals surface area contributed by atoms with Gasteiger partial charge in [0.2, 0.25) is 11.8 Å². The Morgan fingerprint density at radius 2 is 2.24 bits per heavy atom. The van der Waals surface area contributed by atoms with Gasteiger partial charge in [-0.1, -0.05) is 18.2 Å². The molecule has 0 saturated carbocycles. The molecule has 25 heavy (non-hydrogen) atoms.